The summed E-state index contributed by atoms with van der Waals surface area (Å²) in [6, 6.07) is 0.333. The monoisotopic (exact) mass is 144 g/mol. The Bertz CT molecular complexity index is 73.7. The summed E-state index contributed by atoms with van der Waals surface area (Å²) in [5.74, 6) is 0.767. The quantitative estimate of drug-likeness (QED) is 0.603. The van der Waals surface area contributed by atoms with Crippen LogP contribution in [0, 0.1) is 5.92 Å². The zero-order valence-corrected chi connectivity index (χ0v) is 7.35. The van der Waals surface area contributed by atoms with Crippen molar-refractivity contribution < 1.29 is 0 Å². The smallest absolute Gasteiger partial charge is 0.0167 e. The second-order valence-electron chi connectivity index (χ2n) is 3.07. The fraction of sp³-hybridized carbons (Fsp3) is 1.00. The van der Waals surface area contributed by atoms with Crippen LogP contribution < -0.4 is 11.1 Å². The lowest BCUT2D eigenvalue weighted by Gasteiger charge is -2.14. The highest BCUT2D eigenvalue weighted by Crippen LogP contribution is 2.07. The highest BCUT2D eigenvalue weighted by Gasteiger charge is 2.05. The van der Waals surface area contributed by atoms with E-state index >= 15 is 0 Å². The first-order chi connectivity index (χ1) is 4.70. The third-order valence-corrected chi connectivity index (χ3v) is 1.87. The van der Waals surface area contributed by atoms with Crippen molar-refractivity contribution in [2.75, 3.05) is 13.6 Å². The van der Waals surface area contributed by atoms with Crippen LogP contribution in [0.4, 0.5) is 0 Å². The van der Waals surface area contributed by atoms with Crippen molar-refractivity contribution in [2.45, 2.75) is 32.7 Å². The number of hydrogen-bond acceptors (Lipinski definition) is 2. The van der Waals surface area contributed by atoms with Gasteiger partial charge in [-0.25, -0.2) is 0 Å². The SMILES string of the molecule is CC[C@@H](C)C[C@@H](N)CNC. The maximum atomic E-state index is 5.80. The normalized spacial score (nSPS) is 16.8. The van der Waals surface area contributed by atoms with Crippen molar-refractivity contribution in [1.82, 2.24) is 5.32 Å². The molecule has 62 valence electrons. The Balaban J connectivity index is 3.27. The molecule has 0 aliphatic carbocycles. The Morgan fingerprint density at radius 3 is 2.50 bits per heavy atom. The van der Waals surface area contributed by atoms with Crippen LogP contribution in [0.3, 0.4) is 0 Å². The number of nitrogens with one attached hydrogen (secondary N) is 1. The van der Waals surface area contributed by atoms with Gasteiger partial charge in [-0.1, -0.05) is 20.3 Å². The van der Waals surface area contributed by atoms with E-state index in [9.17, 15) is 0 Å². The Morgan fingerprint density at radius 2 is 2.10 bits per heavy atom. The standard InChI is InChI=1S/C8H20N2/c1-4-7(2)5-8(9)6-10-3/h7-8,10H,4-6,9H2,1-3H3/t7-,8-/m1/s1. The molecule has 0 radical (unpaired) electrons. The predicted octanol–water partition coefficient (Wildman–Crippen LogP) is 0.969. The highest BCUT2D eigenvalue weighted by atomic mass is 14.9. The molecular weight excluding hydrogens is 124 g/mol. The lowest BCUT2D eigenvalue weighted by molar-refractivity contribution is 0.442. The largest absolute Gasteiger partial charge is 0.327 e. The molecule has 2 heteroatoms. The molecular formula is C8H20N2. The van der Waals surface area contributed by atoms with Gasteiger partial charge in [0.05, 0.1) is 0 Å². The Morgan fingerprint density at radius 1 is 1.50 bits per heavy atom. The van der Waals surface area contributed by atoms with Crippen molar-refractivity contribution in [3.05, 3.63) is 0 Å². The van der Waals surface area contributed by atoms with Crippen LogP contribution in [0.5, 0.6) is 0 Å². The molecule has 0 unspecified atom stereocenters. The van der Waals surface area contributed by atoms with Crippen molar-refractivity contribution in [2.24, 2.45) is 11.7 Å². The van der Waals surface area contributed by atoms with Gasteiger partial charge in [0, 0.05) is 12.6 Å². The molecule has 0 amide bonds. The third-order valence-electron chi connectivity index (χ3n) is 1.87. The van der Waals surface area contributed by atoms with Gasteiger partial charge in [0.25, 0.3) is 0 Å². The number of hydrogen-bond donors (Lipinski definition) is 2. The van der Waals surface area contributed by atoms with E-state index in [1.54, 1.807) is 0 Å². The summed E-state index contributed by atoms with van der Waals surface area (Å²) in [5, 5.41) is 3.07. The van der Waals surface area contributed by atoms with Gasteiger partial charge in [-0.2, -0.15) is 0 Å². The molecule has 2 atom stereocenters. The molecule has 0 aromatic heterocycles. The van der Waals surface area contributed by atoms with Crippen LogP contribution in [0.2, 0.25) is 0 Å². The number of likely N-dealkylation sites (N-methyl/N-ethyl adjacent to an activating group) is 1. The second kappa shape index (κ2) is 5.69. The summed E-state index contributed by atoms with van der Waals surface area (Å²) in [6.07, 6.45) is 2.37. The minimum absolute atomic E-state index is 0.333. The van der Waals surface area contributed by atoms with Gasteiger partial charge in [-0.05, 0) is 19.4 Å². The van der Waals surface area contributed by atoms with Gasteiger partial charge < -0.3 is 11.1 Å². The van der Waals surface area contributed by atoms with Gasteiger partial charge in [0.1, 0.15) is 0 Å². The lowest BCUT2D eigenvalue weighted by Crippen LogP contribution is -2.33. The molecule has 0 spiro atoms. The molecule has 0 aromatic carbocycles. The van der Waals surface area contributed by atoms with Crippen molar-refractivity contribution in [3.63, 3.8) is 0 Å². The molecule has 0 saturated carbocycles. The summed E-state index contributed by atoms with van der Waals surface area (Å²) in [7, 11) is 1.94. The number of nitrogens with two attached hydrogens (primary N) is 1. The molecule has 0 fully saturated rings. The molecule has 0 heterocycles. The van der Waals surface area contributed by atoms with E-state index in [1.807, 2.05) is 7.05 Å². The summed E-state index contributed by atoms with van der Waals surface area (Å²) >= 11 is 0. The average molecular weight is 144 g/mol. The first-order valence-electron chi connectivity index (χ1n) is 4.10. The average Bonchev–Trinajstić information content (AvgIpc) is 1.88. The van der Waals surface area contributed by atoms with Gasteiger partial charge >= 0.3 is 0 Å². The summed E-state index contributed by atoms with van der Waals surface area (Å²) in [6.45, 7) is 5.39. The molecule has 0 aromatic rings. The van der Waals surface area contributed by atoms with Crippen LogP contribution >= 0.6 is 0 Å². The summed E-state index contributed by atoms with van der Waals surface area (Å²) in [5.41, 5.74) is 5.80. The third kappa shape index (κ3) is 4.77. The van der Waals surface area contributed by atoms with Crippen LogP contribution in [-0.2, 0) is 0 Å². The fourth-order valence-corrected chi connectivity index (χ4v) is 1.03. The molecule has 10 heavy (non-hydrogen) atoms. The van der Waals surface area contributed by atoms with E-state index in [4.69, 9.17) is 5.73 Å². The van der Waals surface area contributed by atoms with E-state index < -0.39 is 0 Å². The summed E-state index contributed by atoms with van der Waals surface area (Å²) < 4.78 is 0. The highest BCUT2D eigenvalue weighted by molar-refractivity contribution is 4.66. The van der Waals surface area contributed by atoms with E-state index in [0.29, 0.717) is 6.04 Å². The van der Waals surface area contributed by atoms with Crippen LogP contribution in [0.25, 0.3) is 0 Å². The topological polar surface area (TPSA) is 38.0 Å². The summed E-state index contributed by atoms with van der Waals surface area (Å²) in [4.78, 5) is 0. The second-order valence-corrected chi connectivity index (χ2v) is 3.07. The van der Waals surface area contributed by atoms with Crippen LogP contribution in [-0.4, -0.2) is 19.6 Å². The molecule has 0 saturated heterocycles. The van der Waals surface area contributed by atoms with Crippen molar-refractivity contribution in [1.29, 1.82) is 0 Å². The Hall–Kier alpha value is -0.0800. The molecule has 0 aliphatic rings. The van der Waals surface area contributed by atoms with Crippen molar-refractivity contribution >= 4 is 0 Å². The minimum Gasteiger partial charge on any atom is -0.327 e. The Labute approximate surface area is 64.2 Å². The van der Waals surface area contributed by atoms with E-state index in [2.05, 4.69) is 19.2 Å². The molecule has 3 N–H and O–H groups in total. The van der Waals surface area contributed by atoms with E-state index in [-0.39, 0.29) is 0 Å². The van der Waals surface area contributed by atoms with Gasteiger partial charge in [-0.3, -0.25) is 0 Å². The van der Waals surface area contributed by atoms with Crippen molar-refractivity contribution in [3.8, 4) is 0 Å². The minimum atomic E-state index is 0.333. The first-order valence-corrected chi connectivity index (χ1v) is 4.10. The Kier molecular flexibility index (Phi) is 5.64. The molecule has 0 rings (SSSR count). The van der Waals surface area contributed by atoms with Crippen LogP contribution in [0.15, 0.2) is 0 Å². The first kappa shape index (κ1) is 9.92. The van der Waals surface area contributed by atoms with Gasteiger partial charge in [0.2, 0.25) is 0 Å². The zero-order valence-electron chi connectivity index (χ0n) is 7.35. The number of rotatable bonds is 5. The fourth-order valence-electron chi connectivity index (χ4n) is 1.03. The van der Waals surface area contributed by atoms with E-state index in [0.717, 1.165) is 18.9 Å². The lowest BCUT2D eigenvalue weighted by atomic mass is 10.00. The maximum absolute atomic E-state index is 5.80. The predicted molar refractivity (Wildman–Crippen MR) is 46.0 cm³/mol. The molecule has 2 nitrogen and oxygen atoms in total. The van der Waals surface area contributed by atoms with Gasteiger partial charge in [0.15, 0.2) is 0 Å². The van der Waals surface area contributed by atoms with E-state index in [1.165, 1.54) is 6.42 Å². The molecule has 0 aliphatic heterocycles. The van der Waals surface area contributed by atoms with Crippen LogP contribution in [0.1, 0.15) is 26.7 Å². The zero-order chi connectivity index (χ0) is 7.98. The maximum Gasteiger partial charge on any atom is 0.0167 e. The molecule has 0 bridgehead atoms. The van der Waals surface area contributed by atoms with Gasteiger partial charge in [-0.15, -0.1) is 0 Å².